The fraction of sp³-hybridized carbons (Fsp3) is 0.579. The number of anilines is 1. The van der Waals surface area contributed by atoms with Crippen molar-refractivity contribution in [2.45, 2.75) is 26.2 Å². The molecule has 1 amide bonds. The monoisotopic (exact) mass is 330 g/mol. The molecule has 2 fully saturated rings. The Kier molecular flexibility index (Phi) is 5.38. The number of hydrogen-bond donors (Lipinski definition) is 0. The number of nitrogens with zero attached hydrogens (tertiary/aromatic N) is 2. The first-order valence-electron chi connectivity index (χ1n) is 8.85. The van der Waals surface area contributed by atoms with E-state index in [1.807, 2.05) is 6.07 Å². The van der Waals surface area contributed by atoms with Crippen LogP contribution in [0, 0.1) is 11.8 Å². The minimum atomic E-state index is -0.0867. The molecule has 1 aromatic carbocycles. The Morgan fingerprint density at radius 2 is 1.79 bits per heavy atom. The van der Waals surface area contributed by atoms with Gasteiger partial charge in [0, 0.05) is 44.7 Å². The van der Waals surface area contributed by atoms with Crippen LogP contribution in [0.3, 0.4) is 0 Å². The maximum atomic E-state index is 12.2. The van der Waals surface area contributed by atoms with Gasteiger partial charge in [0.15, 0.2) is 0 Å². The molecule has 2 aliphatic rings. The summed E-state index contributed by atoms with van der Waals surface area (Å²) < 4.78 is 5.58. The Bertz CT molecular complexity index is 567. The first-order valence-corrected chi connectivity index (χ1v) is 8.85. The molecule has 0 radical (unpaired) electrons. The van der Waals surface area contributed by atoms with Crippen molar-refractivity contribution in [3.8, 4) is 0 Å². The normalized spacial score (nSPS) is 21.8. The number of piperidine rings is 1. The zero-order valence-corrected chi connectivity index (χ0v) is 14.3. The first kappa shape index (κ1) is 16.8. The van der Waals surface area contributed by atoms with Crippen LogP contribution >= 0.6 is 0 Å². The topological polar surface area (TPSA) is 49.9 Å². The fourth-order valence-corrected chi connectivity index (χ4v) is 3.59. The van der Waals surface area contributed by atoms with Crippen molar-refractivity contribution >= 4 is 17.6 Å². The van der Waals surface area contributed by atoms with E-state index in [1.54, 1.807) is 11.8 Å². The van der Waals surface area contributed by atoms with E-state index in [-0.39, 0.29) is 17.8 Å². The van der Waals surface area contributed by atoms with Crippen LogP contribution in [0.15, 0.2) is 30.3 Å². The van der Waals surface area contributed by atoms with Gasteiger partial charge in [-0.2, -0.15) is 0 Å². The molecule has 2 saturated heterocycles. The molecule has 2 heterocycles. The number of carbonyl (C=O) groups is 2. The summed E-state index contributed by atoms with van der Waals surface area (Å²) in [4.78, 5) is 27.7. The maximum Gasteiger partial charge on any atom is 0.309 e. The lowest BCUT2D eigenvalue weighted by Crippen LogP contribution is -2.39. The lowest BCUT2D eigenvalue weighted by atomic mass is 9.97. The highest BCUT2D eigenvalue weighted by Gasteiger charge is 2.29. The van der Waals surface area contributed by atoms with Crippen LogP contribution in [0.4, 0.5) is 5.69 Å². The number of carbonyl (C=O) groups excluding carboxylic acids is 2. The van der Waals surface area contributed by atoms with Crippen molar-refractivity contribution in [3.63, 3.8) is 0 Å². The maximum absolute atomic E-state index is 12.2. The van der Waals surface area contributed by atoms with Crippen LogP contribution in [0.2, 0.25) is 0 Å². The number of rotatable bonds is 4. The Morgan fingerprint density at radius 1 is 1.08 bits per heavy atom. The Balaban J connectivity index is 1.40. The van der Waals surface area contributed by atoms with E-state index in [2.05, 4.69) is 29.2 Å². The van der Waals surface area contributed by atoms with E-state index in [0.29, 0.717) is 25.6 Å². The summed E-state index contributed by atoms with van der Waals surface area (Å²) in [6.07, 6.45) is 2.50. The van der Waals surface area contributed by atoms with Gasteiger partial charge in [0.05, 0.1) is 12.5 Å². The molecule has 0 saturated carbocycles. The molecule has 130 valence electrons. The van der Waals surface area contributed by atoms with Crippen LogP contribution in [0.5, 0.6) is 0 Å². The molecular formula is C19H26N2O3. The number of likely N-dealkylation sites (tertiary alicyclic amines) is 1. The van der Waals surface area contributed by atoms with Gasteiger partial charge in [-0.15, -0.1) is 0 Å². The van der Waals surface area contributed by atoms with Crippen molar-refractivity contribution in [2.75, 3.05) is 37.7 Å². The number of esters is 1. The van der Waals surface area contributed by atoms with E-state index in [4.69, 9.17) is 4.74 Å². The summed E-state index contributed by atoms with van der Waals surface area (Å²) in [5.41, 5.74) is 1.24. The lowest BCUT2D eigenvalue weighted by molar-refractivity contribution is -0.152. The van der Waals surface area contributed by atoms with Crippen molar-refractivity contribution in [1.82, 2.24) is 4.90 Å². The van der Waals surface area contributed by atoms with Gasteiger partial charge >= 0.3 is 5.97 Å². The Hall–Kier alpha value is -2.04. The molecule has 0 unspecified atom stereocenters. The second-order valence-corrected chi connectivity index (χ2v) is 6.85. The molecule has 5 nitrogen and oxygen atoms in total. The average Bonchev–Trinajstić information content (AvgIpc) is 3.09. The highest BCUT2D eigenvalue weighted by molar-refractivity contribution is 5.75. The molecule has 5 heteroatoms. The minimum absolute atomic E-state index is 0.0489. The molecule has 0 aromatic heterocycles. The van der Waals surface area contributed by atoms with Gasteiger partial charge in [0.1, 0.15) is 0 Å². The summed E-state index contributed by atoms with van der Waals surface area (Å²) in [6, 6.07) is 10.4. The van der Waals surface area contributed by atoms with Crippen molar-refractivity contribution in [3.05, 3.63) is 30.3 Å². The van der Waals surface area contributed by atoms with Crippen LogP contribution in [0.1, 0.15) is 26.2 Å². The number of para-hydroxylation sites is 1. The summed E-state index contributed by atoms with van der Waals surface area (Å²) >= 11 is 0. The van der Waals surface area contributed by atoms with E-state index in [0.717, 1.165) is 32.4 Å². The molecule has 0 N–H and O–H groups in total. The van der Waals surface area contributed by atoms with Gasteiger partial charge in [-0.05, 0) is 31.4 Å². The molecule has 1 atom stereocenters. The summed E-state index contributed by atoms with van der Waals surface area (Å²) in [6.45, 7) is 5.39. The first-order chi connectivity index (χ1) is 11.6. The summed E-state index contributed by atoms with van der Waals surface area (Å²) in [7, 11) is 0. The number of hydrogen-bond acceptors (Lipinski definition) is 4. The van der Waals surface area contributed by atoms with Gasteiger partial charge in [0.2, 0.25) is 5.91 Å². The third kappa shape index (κ3) is 4.08. The molecular weight excluding hydrogens is 304 g/mol. The average molecular weight is 330 g/mol. The van der Waals surface area contributed by atoms with Gasteiger partial charge in [-0.3, -0.25) is 9.59 Å². The predicted molar refractivity (Wildman–Crippen MR) is 92.7 cm³/mol. The number of amides is 1. The molecule has 0 aliphatic carbocycles. The summed E-state index contributed by atoms with van der Waals surface area (Å²) in [5.74, 6) is 0.365. The largest absolute Gasteiger partial charge is 0.465 e. The van der Waals surface area contributed by atoms with E-state index in [9.17, 15) is 9.59 Å². The second-order valence-electron chi connectivity index (χ2n) is 6.85. The Labute approximate surface area is 143 Å². The van der Waals surface area contributed by atoms with Gasteiger partial charge in [-0.1, -0.05) is 18.2 Å². The molecule has 0 spiro atoms. The molecule has 1 aromatic rings. The molecule has 2 aliphatic heterocycles. The quantitative estimate of drug-likeness (QED) is 0.795. The van der Waals surface area contributed by atoms with Crippen molar-refractivity contribution < 1.29 is 14.3 Å². The minimum Gasteiger partial charge on any atom is -0.465 e. The van der Waals surface area contributed by atoms with Crippen LogP contribution < -0.4 is 4.90 Å². The third-order valence-electron chi connectivity index (χ3n) is 5.14. The highest BCUT2D eigenvalue weighted by atomic mass is 16.5. The second kappa shape index (κ2) is 7.69. The van der Waals surface area contributed by atoms with Crippen LogP contribution in [0.25, 0.3) is 0 Å². The van der Waals surface area contributed by atoms with Crippen molar-refractivity contribution in [1.29, 1.82) is 0 Å². The van der Waals surface area contributed by atoms with Gasteiger partial charge in [-0.25, -0.2) is 0 Å². The zero-order valence-electron chi connectivity index (χ0n) is 14.3. The highest BCUT2D eigenvalue weighted by Crippen LogP contribution is 2.24. The lowest BCUT2D eigenvalue weighted by Gasteiger charge is -2.30. The van der Waals surface area contributed by atoms with E-state index in [1.165, 1.54) is 5.69 Å². The smallest absolute Gasteiger partial charge is 0.309 e. The Morgan fingerprint density at radius 3 is 2.46 bits per heavy atom. The van der Waals surface area contributed by atoms with Crippen molar-refractivity contribution in [2.24, 2.45) is 11.8 Å². The molecule has 3 rings (SSSR count). The number of benzene rings is 1. The van der Waals surface area contributed by atoms with Crippen LogP contribution in [-0.4, -0.2) is 49.6 Å². The van der Waals surface area contributed by atoms with Gasteiger partial charge in [0.25, 0.3) is 0 Å². The van der Waals surface area contributed by atoms with E-state index < -0.39 is 0 Å². The third-order valence-corrected chi connectivity index (χ3v) is 5.14. The van der Waals surface area contributed by atoms with Gasteiger partial charge < -0.3 is 14.5 Å². The number of ether oxygens (including phenoxy) is 1. The standard InChI is InChI=1S/C19H26N2O3/c1-15(22)20-11-8-17(9-12-20)19(23)24-14-16-7-10-21(13-16)18-5-3-2-4-6-18/h2-6,16-17H,7-14H2,1H3/t16-/m1/s1. The summed E-state index contributed by atoms with van der Waals surface area (Å²) in [5, 5.41) is 0. The van der Waals surface area contributed by atoms with E-state index >= 15 is 0 Å². The van der Waals surface area contributed by atoms with Crippen LogP contribution in [-0.2, 0) is 14.3 Å². The SMILES string of the molecule is CC(=O)N1CCC(C(=O)OC[C@@H]2CCN(c3ccccc3)C2)CC1. The fourth-order valence-electron chi connectivity index (χ4n) is 3.59. The predicted octanol–water partition coefficient (Wildman–Crippen LogP) is 2.31. The molecule has 0 bridgehead atoms. The molecule has 24 heavy (non-hydrogen) atoms. The zero-order chi connectivity index (χ0) is 16.9.